The summed E-state index contributed by atoms with van der Waals surface area (Å²) in [5, 5.41) is 0. The molecule has 0 aromatic carbocycles. The van der Waals surface area contributed by atoms with Crippen molar-refractivity contribution in [2.45, 2.75) is 6.04 Å². The van der Waals surface area contributed by atoms with Gasteiger partial charge in [0.15, 0.2) is 0 Å². The molecule has 5 nitrogen and oxygen atoms in total. The van der Waals surface area contributed by atoms with Crippen LogP contribution in [0.4, 0.5) is 0 Å². The van der Waals surface area contributed by atoms with Crippen molar-refractivity contribution < 1.29 is 17.8 Å². The Hall–Kier alpha value is -0.110. The molecule has 7 heteroatoms. The van der Waals surface area contributed by atoms with Gasteiger partial charge in [-0.05, 0) is 10.8 Å². The molecule has 3 N–H and O–H groups in total. The third-order valence-corrected chi connectivity index (χ3v) is 2.70. The highest BCUT2D eigenvalue weighted by Crippen LogP contribution is 2.08. The van der Waals surface area contributed by atoms with Crippen molar-refractivity contribution in [3.05, 3.63) is 0 Å². The Bertz CT molecular complexity index is 199. The number of nitrogens with two attached hydrogens (primary N) is 1. The second-order valence-electron chi connectivity index (χ2n) is 1.51. The molecule has 0 aliphatic carbocycles. The first-order valence-electron chi connectivity index (χ1n) is 2.28. The fraction of sp³-hybridized carbons (Fsp3) is 0.667. The normalized spacial score (nSPS) is 14.6. The number of rotatable bonds is 4. The molecule has 0 radical (unpaired) electrons. The predicted octanol–water partition coefficient (Wildman–Crippen LogP) is -0.951. The van der Waals surface area contributed by atoms with Gasteiger partial charge in [-0.15, -0.1) is 0 Å². The minimum atomic E-state index is -4.05. The highest BCUT2D eigenvalue weighted by atomic mass is 33.1. The van der Waals surface area contributed by atoms with Crippen molar-refractivity contribution in [3.63, 3.8) is 0 Å². The number of aldehydes is 1. The van der Waals surface area contributed by atoms with Gasteiger partial charge in [0.1, 0.15) is 6.29 Å². The van der Waals surface area contributed by atoms with E-state index in [0.717, 1.165) is 0 Å². The molecule has 0 spiro atoms. The molecule has 60 valence electrons. The average molecular weight is 185 g/mol. The molecule has 0 aromatic heterocycles. The molecule has 0 fully saturated rings. The summed E-state index contributed by atoms with van der Waals surface area (Å²) in [6.07, 6.45) is 0.415. The van der Waals surface area contributed by atoms with Gasteiger partial charge in [-0.25, -0.2) is 0 Å². The van der Waals surface area contributed by atoms with Crippen molar-refractivity contribution in [2.24, 2.45) is 5.73 Å². The minimum absolute atomic E-state index is 0.123. The highest BCUT2D eigenvalue weighted by molar-refractivity contribution is 8.69. The van der Waals surface area contributed by atoms with E-state index in [0.29, 0.717) is 6.29 Å². The van der Waals surface area contributed by atoms with Gasteiger partial charge in [0.25, 0.3) is 0 Å². The largest absolute Gasteiger partial charge is 0.321 e. The maximum absolute atomic E-state index is 10.00. The standard InChI is InChI=1S/C3H7NO4S2/c4-3(1-5)2-9-10(6,7)8/h1,3H,2,4H2,(H,6,7,8)/t3-/m1/s1. The van der Waals surface area contributed by atoms with E-state index in [4.69, 9.17) is 10.3 Å². The monoisotopic (exact) mass is 185 g/mol. The summed E-state index contributed by atoms with van der Waals surface area (Å²) in [4.78, 5) is 9.81. The van der Waals surface area contributed by atoms with E-state index in [1.165, 1.54) is 0 Å². The molecule has 1 atom stereocenters. The molecule has 0 unspecified atom stereocenters. The lowest BCUT2D eigenvalue weighted by atomic mass is 10.4. The summed E-state index contributed by atoms with van der Waals surface area (Å²) < 4.78 is 28.1. The van der Waals surface area contributed by atoms with E-state index in [9.17, 15) is 13.2 Å². The van der Waals surface area contributed by atoms with Gasteiger partial charge in [0, 0.05) is 5.75 Å². The maximum atomic E-state index is 10.00. The van der Waals surface area contributed by atoms with E-state index in [-0.39, 0.29) is 16.5 Å². The molecular weight excluding hydrogens is 178 g/mol. The summed E-state index contributed by atoms with van der Waals surface area (Å²) in [5.41, 5.74) is 5.02. The Labute approximate surface area is 62.1 Å². The van der Waals surface area contributed by atoms with Crippen LogP contribution in [0, 0.1) is 0 Å². The lowest BCUT2D eigenvalue weighted by Gasteiger charge is -1.98. The van der Waals surface area contributed by atoms with E-state index >= 15 is 0 Å². The zero-order chi connectivity index (χ0) is 8.20. The molecular formula is C3H7NO4S2. The van der Waals surface area contributed by atoms with Crippen molar-refractivity contribution in [3.8, 4) is 0 Å². The fourth-order valence-corrected chi connectivity index (χ4v) is 1.60. The number of carbonyl (C=O) groups excluding carboxylic acids is 1. The summed E-state index contributed by atoms with van der Waals surface area (Å²) in [7, 11) is -3.81. The Morgan fingerprint density at radius 1 is 1.70 bits per heavy atom. The zero-order valence-corrected chi connectivity index (χ0v) is 6.56. The Morgan fingerprint density at radius 3 is 2.50 bits per heavy atom. The van der Waals surface area contributed by atoms with Gasteiger partial charge in [0.2, 0.25) is 0 Å². The summed E-state index contributed by atoms with van der Waals surface area (Å²) in [6.45, 7) is 0. The second kappa shape index (κ2) is 3.91. The van der Waals surface area contributed by atoms with Crippen LogP contribution in [0.5, 0.6) is 0 Å². The van der Waals surface area contributed by atoms with Crippen LogP contribution in [-0.2, 0) is 13.9 Å². The van der Waals surface area contributed by atoms with Crippen LogP contribution in [0.2, 0.25) is 0 Å². The molecule has 0 aliphatic heterocycles. The van der Waals surface area contributed by atoms with Crippen LogP contribution in [0.1, 0.15) is 0 Å². The third-order valence-electron chi connectivity index (χ3n) is 0.584. The Morgan fingerprint density at radius 2 is 2.20 bits per heavy atom. The van der Waals surface area contributed by atoms with Crippen LogP contribution in [0.15, 0.2) is 0 Å². The molecule has 0 heterocycles. The molecule has 0 saturated heterocycles. The third kappa shape index (κ3) is 6.02. The van der Waals surface area contributed by atoms with Gasteiger partial charge in [0.05, 0.1) is 6.04 Å². The van der Waals surface area contributed by atoms with Crippen molar-refractivity contribution >= 4 is 26.2 Å². The average Bonchev–Trinajstić information content (AvgIpc) is 1.81. The van der Waals surface area contributed by atoms with Crippen LogP contribution in [0.3, 0.4) is 0 Å². The number of hydrogen-bond acceptors (Lipinski definition) is 5. The van der Waals surface area contributed by atoms with E-state index in [1.54, 1.807) is 0 Å². The van der Waals surface area contributed by atoms with Crippen LogP contribution in [-0.4, -0.2) is 31.1 Å². The van der Waals surface area contributed by atoms with Crippen molar-refractivity contribution in [1.29, 1.82) is 0 Å². The summed E-state index contributed by atoms with van der Waals surface area (Å²) in [6, 6.07) is -0.841. The van der Waals surface area contributed by atoms with Crippen molar-refractivity contribution in [2.75, 3.05) is 5.75 Å². The van der Waals surface area contributed by atoms with E-state index in [2.05, 4.69) is 0 Å². The van der Waals surface area contributed by atoms with Crippen LogP contribution < -0.4 is 5.73 Å². The summed E-state index contributed by atoms with van der Waals surface area (Å²) >= 11 is 0. The SMILES string of the molecule is N[C@H](C=O)CSS(=O)(=O)O. The smallest absolute Gasteiger partial charge is 0.319 e. The first kappa shape index (κ1) is 9.89. The molecule has 10 heavy (non-hydrogen) atoms. The topological polar surface area (TPSA) is 97.5 Å². The Balaban J connectivity index is 3.66. The molecule has 0 aromatic rings. The van der Waals surface area contributed by atoms with Gasteiger partial charge < -0.3 is 10.5 Å². The van der Waals surface area contributed by atoms with Gasteiger partial charge in [-0.1, -0.05) is 0 Å². The fourth-order valence-electron chi connectivity index (χ4n) is 0.204. The van der Waals surface area contributed by atoms with Crippen molar-refractivity contribution in [1.82, 2.24) is 0 Å². The second-order valence-corrected chi connectivity index (χ2v) is 4.91. The molecule has 0 bridgehead atoms. The molecule has 0 rings (SSSR count). The highest BCUT2D eigenvalue weighted by Gasteiger charge is 2.08. The lowest BCUT2D eigenvalue weighted by molar-refractivity contribution is -0.108. The van der Waals surface area contributed by atoms with Gasteiger partial charge in [-0.2, -0.15) is 8.42 Å². The molecule has 0 saturated carbocycles. The first-order chi connectivity index (χ1) is 4.45. The number of carbonyl (C=O) groups is 1. The lowest BCUT2D eigenvalue weighted by Crippen LogP contribution is -2.24. The quantitative estimate of drug-likeness (QED) is 0.333. The van der Waals surface area contributed by atoms with Crippen LogP contribution >= 0.6 is 10.8 Å². The Kier molecular flexibility index (Phi) is 3.87. The van der Waals surface area contributed by atoms with Gasteiger partial charge in [-0.3, -0.25) is 4.55 Å². The first-order valence-corrected chi connectivity index (χ1v) is 5.22. The molecule has 0 amide bonds. The molecule has 0 aliphatic rings. The minimum Gasteiger partial charge on any atom is -0.321 e. The van der Waals surface area contributed by atoms with Crippen LogP contribution in [0.25, 0.3) is 0 Å². The number of hydrogen-bond donors (Lipinski definition) is 2. The van der Waals surface area contributed by atoms with E-state index in [1.807, 2.05) is 0 Å². The maximum Gasteiger partial charge on any atom is 0.319 e. The van der Waals surface area contributed by atoms with E-state index < -0.39 is 15.2 Å². The predicted molar refractivity (Wildman–Crippen MR) is 38.0 cm³/mol. The zero-order valence-electron chi connectivity index (χ0n) is 4.93. The summed E-state index contributed by atoms with van der Waals surface area (Å²) in [5.74, 6) is -0.123. The van der Waals surface area contributed by atoms with Gasteiger partial charge >= 0.3 is 9.15 Å².